The third kappa shape index (κ3) is 3.28. The fraction of sp³-hybridized carbons (Fsp3) is 0.500. The number of thiazole rings is 2. The molecule has 2 aromatic rings. The van der Waals surface area contributed by atoms with Gasteiger partial charge in [0, 0.05) is 23.9 Å². The summed E-state index contributed by atoms with van der Waals surface area (Å²) in [5, 5.41) is 9.38. The molecule has 0 aromatic carbocycles. The summed E-state index contributed by atoms with van der Waals surface area (Å²) in [6.45, 7) is 4.87. The van der Waals surface area contributed by atoms with Crippen molar-refractivity contribution in [1.82, 2.24) is 9.97 Å². The van der Waals surface area contributed by atoms with Crippen LogP contribution < -0.4 is 5.32 Å². The van der Waals surface area contributed by atoms with E-state index in [2.05, 4.69) is 29.1 Å². The number of anilines is 1. The van der Waals surface area contributed by atoms with Crippen LogP contribution in [0.25, 0.3) is 11.4 Å². The Kier molecular flexibility index (Phi) is 4.68. The van der Waals surface area contributed by atoms with E-state index in [1.807, 2.05) is 10.8 Å². The summed E-state index contributed by atoms with van der Waals surface area (Å²) in [6, 6.07) is 0.448. The van der Waals surface area contributed by atoms with Crippen LogP contribution in [0.4, 0.5) is 5.13 Å². The zero-order valence-corrected chi connectivity index (χ0v) is 12.4. The predicted molar refractivity (Wildman–Crippen MR) is 77.3 cm³/mol. The molecule has 98 valence electrons. The molecule has 0 radical (unpaired) electrons. The smallest absolute Gasteiger partial charge is 0.183 e. The van der Waals surface area contributed by atoms with Gasteiger partial charge in [-0.05, 0) is 13.3 Å². The molecule has 2 heterocycles. The zero-order chi connectivity index (χ0) is 13.0. The molecule has 4 nitrogen and oxygen atoms in total. The van der Waals surface area contributed by atoms with Crippen LogP contribution >= 0.6 is 22.7 Å². The molecule has 0 amide bonds. The van der Waals surface area contributed by atoms with Crippen molar-refractivity contribution in [1.29, 1.82) is 0 Å². The van der Waals surface area contributed by atoms with E-state index < -0.39 is 0 Å². The monoisotopic (exact) mass is 283 g/mol. The van der Waals surface area contributed by atoms with E-state index in [4.69, 9.17) is 4.74 Å². The zero-order valence-electron chi connectivity index (χ0n) is 10.8. The van der Waals surface area contributed by atoms with Crippen LogP contribution in [0.2, 0.25) is 0 Å². The summed E-state index contributed by atoms with van der Waals surface area (Å²) in [7, 11) is 1.68. The van der Waals surface area contributed by atoms with Crippen molar-refractivity contribution in [2.75, 3.05) is 12.4 Å². The molecule has 0 spiro atoms. The molecule has 0 saturated carbocycles. The first kappa shape index (κ1) is 13.5. The highest BCUT2D eigenvalue weighted by Crippen LogP contribution is 2.26. The van der Waals surface area contributed by atoms with Crippen LogP contribution in [0, 0.1) is 0 Å². The van der Waals surface area contributed by atoms with Crippen LogP contribution in [0.1, 0.15) is 25.3 Å². The van der Waals surface area contributed by atoms with Crippen LogP contribution in [-0.4, -0.2) is 23.1 Å². The lowest BCUT2D eigenvalue weighted by Crippen LogP contribution is -2.12. The lowest BCUT2D eigenvalue weighted by Gasteiger charge is -2.08. The van der Waals surface area contributed by atoms with Crippen molar-refractivity contribution in [3.8, 4) is 11.4 Å². The highest BCUT2D eigenvalue weighted by molar-refractivity contribution is 7.14. The van der Waals surface area contributed by atoms with Crippen molar-refractivity contribution < 1.29 is 4.74 Å². The second-order valence-corrected chi connectivity index (χ2v) is 5.85. The molecule has 18 heavy (non-hydrogen) atoms. The van der Waals surface area contributed by atoms with E-state index in [-0.39, 0.29) is 0 Å². The predicted octanol–water partition coefficient (Wildman–Crippen LogP) is 3.62. The Morgan fingerprint density at radius 3 is 2.72 bits per heavy atom. The van der Waals surface area contributed by atoms with Crippen LogP contribution in [0.5, 0.6) is 0 Å². The maximum Gasteiger partial charge on any atom is 0.183 e. The van der Waals surface area contributed by atoms with Gasteiger partial charge >= 0.3 is 0 Å². The number of nitrogens with one attached hydrogen (secondary N) is 1. The van der Waals surface area contributed by atoms with E-state index in [0.29, 0.717) is 12.6 Å². The van der Waals surface area contributed by atoms with Crippen molar-refractivity contribution in [3.63, 3.8) is 0 Å². The van der Waals surface area contributed by atoms with Crippen LogP contribution in [0.3, 0.4) is 0 Å². The fourth-order valence-electron chi connectivity index (χ4n) is 1.39. The second-order valence-electron chi connectivity index (χ2n) is 4.05. The molecular weight excluding hydrogens is 266 g/mol. The number of hydrogen-bond donors (Lipinski definition) is 1. The Balaban J connectivity index is 2.08. The largest absolute Gasteiger partial charge is 0.378 e. The standard InChI is InChI=1S/C12H17N3OS2/c1-4-8(2)13-12-15-10(7-18-12)9-6-17-11(14-9)5-16-3/h6-8H,4-5H2,1-3H3,(H,13,15). The Bertz CT molecular complexity index is 495. The molecule has 0 bridgehead atoms. The third-order valence-corrected chi connectivity index (χ3v) is 4.16. The molecule has 2 aromatic heterocycles. The summed E-state index contributed by atoms with van der Waals surface area (Å²) >= 11 is 3.23. The molecule has 1 unspecified atom stereocenters. The average molecular weight is 283 g/mol. The first-order chi connectivity index (χ1) is 8.72. The van der Waals surface area contributed by atoms with Gasteiger partial charge in [-0.2, -0.15) is 0 Å². The van der Waals surface area contributed by atoms with Gasteiger partial charge in [0.05, 0.1) is 6.61 Å². The second kappa shape index (κ2) is 6.26. The van der Waals surface area contributed by atoms with Gasteiger partial charge in [0.2, 0.25) is 0 Å². The SMILES string of the molecule is CCC(C)Nc1nc(-c2csc(COC)n2)cs1. The minimum atomic E-state index is 0.448. The van der Waals surface area contributed by atoms with E-state index in [9.17, 15) is 0 Å². The lowest BCUT2D eigenvalue weighted by molar-refractivity contribution is 0.184. The summed E-state index contributed by atoms with van der Waals surface area (Å²) in [5.41, 5.74) is 1.87. The topological polar surface area (TPSA) is 47.0 Å². The van der Waals surface area contributed by atoms with Crippen molar-refractivity contribution in [2.24, 2.45) is 0 Å². The average Bonchev–Trinajstić information content (AvgIpc) is 2.98. The van der Waals surface area contributed by atoms with E-state index in [0.717, 1.165) is 27.9 Å². The number of hydrogen-bond acceptors (Lipinski definition) is 6. The van der Waals surface area contributed by atoms with Gasteiger partial charge in [-0.25, -0.2) is 9.97 Å². The summed E-state index contributed by atoms with van der Waals surface area (Å²) in [6.07, 6.45) is 1.09. The van der Waals surface area contributed by atoms with E-state index >= 15 is 0 Å². The number of ether oxygens (including phenoxy) is 1. The summed E-state index contributed by atoms with van der Waals surface area (Å²) < 4.78 is 5.07. The number of nitrogens with zero attached hydrogens (tertiary/aromatic N) is 2. The van der Waals surface area contributed by atoms with Gasteiger partial charge in [-0.3, -0.25) is 0 Å². The highest BCUT2D eigenvalue weighted by atomic mass is 32.1. The van der Waals surface area contributed by atoms with Gasteiger partial charge in [-0.1, -0.05) is 6.92 Å². The molecular formula is C12H17N3OS2. The summed E-state index contributed by atoms with van der Waals surface area (Å²) in [5.74, 6) is 0. The van der Waals surface area contributed by atoms with Crippen LogP contribution in [-0.2, 0) is 11.3 Å². The Morgan fingerprint density at radius 2 is 2.00 bits per heavy atom. The Morgan fingerprint density at radius 1 is 1.28 bits per heavy atom. The first-order valence-corrected chi connectivity index (χ1v) is 7.64. The summed E-state index contributed by atoms with van der Waals surface area (Å²) in [4.78, 5) is 9.05. The number of aromatic nitrogens is 2. The first-order valence-electron chi connectivity index (χ1n) is 5.88. The van der Waals surface area contributed by atoms with Crippen LogP contribution in [0.15, 0.2) is 10.8 Å². The third-order valence-electron chi connectivity index (χ3n) is 2.57. The quantitative estimate of drug-likeness (QED) is 0.879. The fourth-order valence-corrected chi connectivity index (χ4v) is 2.96. The molecule has 0 aliphatic rings. The van der Waals surface area contributed by atoms with Gasteiger partial charge in [0.15, 0.2) is 5.13 Å². The van der Waals surface area contributed by atoms with Gasteiger partial charge in [-0.15, -0.1) is 22.7 Å². The minimum absolute atomic E-state index is 0.448. The van der Waals surface area contributed by atoms with Gasteiger partial charge < -0.3 is 10.1 Å². The molecule has 0 fully saturated rings. The molecule has 0 aliphatic carbocycles. The van der Waals surface area contributed by atoms with Gasteiger partial charge in [0.1, 0.15) is 16.4 Å². The molecule has 1 N–H and O–H groups in total. The molecule has 0 aliphatic heterocycles. The lowest BCUT2D eigenvalue weighted by atomic mass is 10.3. The Hall–Kier alpha value is -0.980. The highest BCUT2D eigenvalue weighted by Gasteiger charge is 2.09. The number of methoxy groups -OCH3 is 1. The van der Waals surface area contributed by atoms with Crippen molar-refractivity contribution in [2.45, 2.75) is 32.9 Å². The normalized spacial score (nSPS) is 12.6. The maximum absolute atomic E-state index is 5.07. The van der Waals surface area contributed by atoms with E-state index in [1.165, 1.54) is 0 Å². The number of rotatable bonds is 6. The van der Waals surface area contributed by atoms with Crippen molar-refractivity contribution in [3.05, 3.63) is 15.8 Å². The molecule has 0 saturated heterocycles. The maximum atomic E-state index is 5.07. The molecule has 6 heteroatoms. The Labute approximate surface area is 115 Å². The minimum Gasteiger partial charge on any atom is -0.378 e. The molecule has 2 rings (SSSR count). The van der Waals surface area contributed by atoms with E-state index in [1.54, 1.807) is 29.8 Å². The molecule has 1 atom stereocenters. The van der Waals surface area contributed by atoms with Crippen molar-refractivity contribution >= 4 is 27.8 Å². The van der Waals surface area contributed by atoms with Gasteiger partial charge in [0.25, 0.3) is 0 Å².